The molecule has 1 aromatic rings. The van der Waals surface area contributed by atoms with Crippen molar-refractivity contribution in [2.45, 2.75) is 30.4 Å². The lowest BCUT2D eigenvalue weighted by Gasteiger charge is -2.10. The number of esters is 1. The smallest absolute Gasteiger partial charge is 0.329 e. The highest BCUT2D eigenvalue weighted by Gasteiger charge is 2.33. The molecule has 2 atom stereocenters. The molecular formula is C15H18N2O5S. The maximum absolute atomic E-state index is 12.2. The van der Waals surface area contributed by atoms with Crippen molar-refractivity contribution in [1.29, 1.82) is 0 Å². The summed E-state index contributed by atoms with van der Waals surface area (Å²) in [7, 11) is -3.72. The molecule has 0 spiro atoms. The minimum atomic E-state index is -3.72. The van der Waals surface area contributed by atoms with E-state index in [-0.39, 0.29) is 23.1 Å². The van der Waals surface area contributed by atoms with Crippen LogP contribution in [0.4, 0.5) is 0 Å². The highest BCUT2D eigenvalue weighted by atomic mass is 32.2. The summed E-state index contributed by atoms with van der Waals surface area (Å²) in [6.07, 6.45) is 1.56. The van der Waals surface area contributed by atoms with Crippen molar-refractivity contribution in [3.8, 4) is 0 Å². The molecule has 8 heteroatoms. The maximum atomic E-state index is 12.2. The SMILES string of the molecule is C=CCNS(=O)(=O)c1cccc(C(=O)N[C@H]2C[C@@H](C)OC2=O)c1. The summed E-state index contributed by atoms with van der Waals surface area (Å²) in [4.78, 5) is 23.7. The first-order valence-electron chi connectivity index (χ1n) is 7.05. The van der Waals surface area contributed by atoms with E-state index in [4.69, 9.17) is 4.74 Å². The average Bonchev–Trinajstić information content (AvgIpc) is 2.83. The monoisotopic (exact) mass is 338 g/mol. The molecule has 2 N–H and O–H groups in total. The van der Waals surface area contributed by atoms with Gasteiger partial charge in [-0.15, -0.1) is 6.58 Å². The van der Waals surface area contributed by atoms with Gasteiger partial charge in [0.15, 0.2) is 0 Å². The van der Waals surface area contributed by atoms with Gasteiger partial charge in [0.25, 0.3) is 5.91 Å². The molecule has 0 bridgehead atoms. The average molecular weight is 338 g/mol. The van der Waals surface area contributed by atoms with Crippen LogP contribution in [0, 0.1) is 0 Å². The normalized spacial score (nSPS) is 20.8. The fourth-order valence-electron chi connectivity index (χ4n) is 2.17. The first-order valence-corrected chi connectivity index (χ1v) is 8.54. The number of ether oxygens (including phenoxy) is 1. The zero-order chi connectivity index (χ0) is 17.0. The van der Waals surface area contributed by atoms with Crippen molar-refractivity contribution in [3.63, 3.8) is 0 Å². The Kier molecular flexibility index (Phi) is 5.17. The van der Waals surface area contributed by atoms with Gasteiger partial charge in [-0.1, -0.05) is 12.1 Å². The number of carbonyl (C=O) groups is 2. The summed E-state index contributed by atoms with van der Waals surface area (Å²) in [5.41, 5.74) is 0.152. The van der Waals surface area contributed by atoms with E-state index in [0.717, 1.165) is 0 Å². The fraction of sp³-hybridized carbons (Fsp3) is 0.333. The number of carbonyl (C=O) groups excluding carboxylic acids is 2. The number of benzene rings is 1. The molecule has 1 saturated heterocycles. The van der Waals surface area contributed by atoms with E-state index in [1.165, 1.54) is 30.3 Å². The summed E-state index contributed by atoms with van der Waals surface area (Å²) in [5, 5.41) is 2.55. The molecule has 1 amide bonds. The van der Waals surface area contributed by atoms with E-state index < -0.39 is 27.9 Å². The lowest BCUT2D eigenvalue weighted by Crippen LogP contribution is -2.38. The van der Waals surface area contributed by atoms with Crippen LogP contribution in [-0.2, 0) is 19.6 Å². The van der Waals surface area contributed by atoms with Crippen LogP contribution in [0.3, 0.4) is 0 Å². The van der Waals surface area contributed by atoms with Crippen molar-refractivity contribution < 1.29 is 22.7 Å². The second kappa shape index (κ2) is 6.93. The Morgan fingerprint density at radius 1 is 1.48 bits per heavy atom. The second-order valence-corrected chi connectivity index (χ2v) is 6.94. The van der Waals surface area contributed by atoms with Gasteiger partial charge >= 0.3 is 5.97 Å². The number of sulfonamides is 1. The number of amides is 1. The molecule has 1 aromatic carbocycles. The summed E-state index contributed by atoms with van der Waals surface area (Å²) < 4.78 is 31.4. The molecule has 1 fully saturated rings. The van der Waals surface area contributed by atoms with E-state index >= 15 is 0 Å². The van der Waals surface area contributed by atoms with Gasteiger partial charge in [-0.25, -0.2) is 17.9 Å². The molecule has 1 heterocycles. The molecule has 124 valence electrons. The fourth-order valence-corrected chi connectivity index (χ4v) is 3.22. The summed E-state index contributed by atoms with van der Waals surface area (Å²) in [5.74, 6) is -1.01. The quantitative estimate of drug-likeness (QED) is 0.584. The van der Waals surface area contributed by atoms with Crippen molar-refractivity contribution in [1.82, 2.24) is 10.0 Å². The Morgan fingerprint density at radius 3 is 2.83 bits per heavy atom. The van der Waals surface area contributed by atoms with E-state index in [9.17, 15) is 18.0 Å². The summed E-state index contributed by atoms with van der Waals surface area (Å²) in [6.45, 7) is 5.27. The van der Waals surface area contributed by atoms with Crippen LogP contribution < -0.4 is 10.0 Å². The van der Waals surface area contributed by atoms with Crippen molar-refractivity contribution in [2.24, 2.45) is 0 Å². The molecular weight excluding hydrogens is 320 g/mol. The highest BCUT2D eigenvalue weighted by Crippen LogP contribution is 2.16. The molecule has 0 saturated carbocycles. The van der Waals surface area contributed by atoms with Gasteiger partial charge in [0.2, 0.25) is 10.0 Å². The van der Waals surface area contributed by atoms with Crippen molar-refractivity contribution >= 4 is 21.9 Å². The second-order valence-electron chi connectivity index (χ2n) is 5.18. The van der Waals surface area contributed by atoms with Gasteiger partial charge in [0, 0.05) is 18.5 Å². The van der Waals surface area contributed by atoms with E-state index in [1.54, 1.807) is 6.92 Å². The summed E-state index contributed by atoms with van der Waals surface area (Å²) in [6, 6.07) is 4.87. The van der Waals surface area contributed by atoms with Gasteiger partial charge in [0.05, 0.1) is 4.90 Å². The molecule has 7 nitrogen and oxygen atoms in total. The minimum absolute atomic E-state index is 0.0330. The third-order valence-electron chi connectivity index (χ3n) is 3.30. The van der Waals surface area contributed by atoms with E-state index in [2.05, 4.69) is 16.6 Å². The highest BCUT2D eigenvalue weighted by molar-refractivity contribution is 7.89. The van der Waals surface area contributed by atoms with Crippen molar-refractivity contribution in [3.05, 3.63) is 42.5 Å². The number of cyclic esters (lactones) is 1. The van der Waals surface area contributed by atoms with Gasteiger partial charge in [-0.05, 0) is 25.1 Å². The third kappa shape index (κ3) is 4.17. The number of nitrogens with one attached hydrogen (secondary N) is 2. The first kappa shape index (κ1) is 17.2. The number of rotatable bonds is 6. The molecule has 0 aliphatic carbocycles. The van der Waals surface area contributed by atoms with E-state index in [1.807, 2.05) is 0 Å². The Bertz CT molecular complexity index is 729. The third-order valence-corrected chi connectivity index (χ3v) is 4.72. The van der Waals surface area contributed by atoms with Crippen LogP contribution in [-0.4, -0.2) is 39.0 Å². The molecule has 1 aliphatic rings. The van der Waals surface area contributed by atoms with Gasteiger partial charge in [-0.3, -0.25) is 4.79 Å². The Morgan fingerprint density at radius 2 is 2.22 bits per heavy atom. The van der Waals surface area contributed by atoms with Gasteiger partial charge in [-0.2, -0.15) is 0 Å². The maximum Gasteiger partial charge on any atom is 0.329 e. The molecule has 2 rings (SSSR count). The van der Waals surface area contributed by atoms with Crippen LogP contribution >= 0.6 is 0 Å². The largest absolute Gasteiger partial charge is 0.461 e. The lowest BCUT2D eigenvalue weighted by molar-refractivity contribution is -0.142. The summed E-state index contributed by atoms with van der Waals surface area (Å²) >= 11 is 0. The standard InChI is InChI=1S/C15H18N2O5S/c1-3-7-16-23(20,21)12-6-4-5-11(9-12)14(18)17-13-8-10(2)22-15(13)19/h3-6,9-10,13,16H,1,7-8H2,2H3,(H,17,18)/t10-,13+/m1/s1. The van der Waals surface area contributed by atoms with Gasteiger partial charge in [0.1, 0.15) is 12.1 Å². The van der Waals surface area contributed by atoms with Crippen LogP contribution in [0.1, 0.15) is 23.7 Å². The van der Waals surface area contributed by atoms with Crippen LogP contribution in [0.2, 0.25) is 0 Å². The van der Waals surface area contributed by atoms with Gasteiger partial charge < -0.3 is 10.1 Å². The number of hydrogen-bond acceptors (Lipinski definition) is 5. The molecule has 0 radical (unpaired) electrons. The molecule has 23 heavy (non-hydrogen) atoms. The van der Waals surface area contributed by atoms with E-state index in [0.29, 0.717) is 6.42 Å². The molecule has 0 aromatic heterocycles. The minimum Gasteiger partial charge on any atom is -0.461 e. The zero-order valence-electron chi connectivity index (χ0n) is 12.6. The Hall–Kier alpha value is -2.19. The molecule has 1 aliphatic heterocycles. The van der Waals surface area contributed by atoms with Crippen LogP contribution in [0.15, 0.2) is 41.8 Å². The predicted octanol–water partition coefficient (Wildman–Crippen LogP) is 0.585. The molecule has 0 unspecified atom stereocenters. The zero-order valence-corrected chi connectivity index (χ0v) is 13.4. The van der Waals surface area contributed by atoms with Crippen LogP contribution in [0.5, 0.6) is 0 Å². The van der Waals surface area contributed by atoms with Crippen molar-refractivity contribution in [2.75, 3.05) is 6.54 Å². The topological polar surface area (TPSA) is 102 Å². The number of hydrogen-bond donors (Lipinski definition) is 2. The Labute approximate surface area is 134 Å². The lowest BCUT2D eigenvalue weighted by atomic mass is 10.1. The Balaban J connectivity index is 2.14. The first-order chi connectivity index (χ1) is 10.8. The predicted molar refractivity (Wildman–Crippen MR) is 83.3 cm³/mol. The van der Waals surface area contributed by atoms with Crippen LogP contribution in [0.25, 0.3) is 0 Å².